The third-order valence-electron chi connectivity index (χ3n) is 2.48. The van der Waals surface area contributed by atoms with Crippen LogP contribution in [0.2, 0.25) is 0 Å². The van der Waals surface area contributed by atoms with Crippen molar-refractivity contribution in [2.45, 2.75) is 45.4 Å². The molecular formula is C9H17NO. The van der Waals surface area contributed by atoms with Gasteiger partial charge < -0.3 is 5.21 Å². The van der Waals surface area contributed by atoms with Gasteiger partial charge in [0.15, 0.2) is 0 Å². The predicted octanol–water partition coefficient (Wildman–Crippen LogP) is 2.81. The van der Waals surface area contributed by atoms with Gasteiger partial charge in [-0.05, 0) is 19.3 Å². The Morgan fingerprint density at radius 2 is 2.00 bits per heavy atom. The molecule has 1 saturated carbocycles. The second-order valence-corrected chi connectivity index (χ2v) is 3.54. The topological polar surface area (TPSA) is 32.6 Å². The van der Waals surface area contributed by atoms with Crippen LogP contribution in [0, 0.1) is 5.92 Å². The molecule has 0 spiro atoms. The summed E-state index contributed by atoms with van der Waals surface area (Å²) in [6.45, 7) is 1.90. The van der Waals surface area contributed by atoms with Crippen LogP contribution in [0.4, 0.5) is 0 Å². The van der Waals surface area contributed by atoms with Crippen LogP contribution in [0.5, 0.6) is 0 Å². The molecule has 1 N–H and O–H groups in total. The molecule has 1 rings (SSSR count). The van der Waals surface area contributed by atoms with Gasteiger partial charge in [-0.15, -0.1) is 0 Å². The zero-order valence-electron chi connectivity index (χ0n) is 7.21. The van der Waals surface area contributed by atoms with Crippen molar-refractivity contribution in [1.82, 2.24) is 0 Å². The largest absolute Gasteiger partial charge is 0.411 e. The minimum Gasteiger partial charge on any atom is -0.411 e. The quantitative estimate of drug-likeness (QED) is 0.371. The van der Waals surface area contributed by atoms with E-state index < -0.39 is 0 Å². The Bertz CT molecular complexity index is 136. The van der Waals surface area contributed by atoms with E-state index in [-0.39, 0.29) is 0 Å². The Morgan fingerprint density at radius 3 is 2.55 bits per heavy atom. The first-order valence-corrected chi connectivity index (χ1v) is 4.50. The van der Waals surface area contributed by atoms with Crippen LogP contribution in [0.15, 0.2) is 5.16 Å². The van der Waals surface area contributed by atoms with E-state index in [1.54, 1.807) is 0 Å². The fourth-order valence-corrected chi connectivity index (χ4v) is 1.85. The Balaban J connectivity index is 2.24. The first-order chi connectivity index (χ1) is 5.33. The zero-order valence-corrected chi connectivity index (χ0v) is 7.21. The van der Waals surface area contributed by atoms with E-state index in [4.69, 9.17) is 5.21 Å². The van der Waals surface area contributed by atoms with Crippen molar-refractivity contribution in [3.05, 3.63) is 0 Å². The van der Waals surface area contributed by atoms with Gasteiger partial charge in [-0.3, -0.25) is 0 Å². The second-order valence-electron chi connectivity index (χ2n) is 3.54. The Hall–Kier alpha value is -0.530. The molecule has 2 heteroatoms. The average Bonchev–Trinajstić information content (AvgIpc) is 2.06. The number of hydrogen-bond donors (Lipinski definition) is 1. The highest BCUT2D eigenvalue weighted by Crippen LogP contribution is 2.26. The smallest absolute Gasteiger partial charge is 0.0542 e. The van der Waals surface area contributed by atoms with Gasteiger partial charge in [0.2, 0.25) is 0 Å². The van der Waals surface area contributed by atoms with Crippen LogP contribution in [0.1, 0.15) is 45.4 Å². The van der Waals surface area contributed by atoms with Crippen molar-refractivity contribution in [2.24, 2.45) is 11.1 Å². The summed E-state index contributed by atoms with van der Waals surface area (Å²) < 4.78 is 0. The highest BCUT2D eigenvalue weighted by atomic mass is 16.4. The molecule has 0 aliphatic heterocycles. The van der Waals surface area contributed by atoms with Crippen molar-refractivity contribution >= 4 is 5.71 Å². The molecule has 0 aromatic carbocycles. The van der Waals surface area contributed by atoms with Crippen molar-refractivity contribution < 1.29 is 5.21 Å². The zero-order chi connectivity index (χ0) is 8.10. The fourth-order valence-electron chi connectivity index (χ4n) is 1.85. The Labute approximate surface area is 68.3 Å². The van der Waals surface area contributed by atoms with Gasteiger partial charge in [0.1, 0.15) is 0 Å². The number of rotatable bonds is 2. The lowest BCUT2D eigenvalue weighted by molar-refractivity contribution is 0.311. The molecule has 0 saturated heterocycles. The lowest BCUT2D eigenvalue weighted by Crippen LogP contribution is -2.09. The van der Waals surface area contributed by atoms with E-state index in [9.17, 15) is 0 Å². The summed E-state index contributed by atoms with van der Waals surface area (Å²) in [4.78, 5) is 0. The van der Waals surface area contributed by atoms with Gasteiger partial charge in [0.05, 0.1) is 5.71 Å². The summed E-state index contributed by atoms with van der Waals surface area (Å²) in [5.74, 6) is 0.791. The summed E-state index contributed by atoms with van der Waals surface area (Å²) in [6.07, 6.45) is 7.77. The maximum atomic E-state index is 8.45. The molecule has 0 aromatic heterocycles. The minimum absolute atomic E-state index is 0.791. The molecule has 1 aliphatic carbocycles. The molecule has 0 unspecified atom stereocenters. The molecular weight excluding hydrogens is 138 g/mol. The fraction of sp³-hybridized carbons (Fsp3) is 0.889. The lowest BCUT2D eigenvalue weighted by atomic mass is 9.86. The SMILES string of the molecule is C/C(CC1CCCCC1)=N\O. The van der Waals surface area contributed by atoms with Crippen LogP contribution in [-0.2, 0) is 0 Å². The van der Waals surface area contributed by atoms with Crippen molar-refractivity contribution in [3.63, 3.8) is 0 Å². The third-order valence-corrected chi connectivity index (χ3v) is 2.48. The van der Waals surface area contributed by atoms with Crippen LogP contribution in [0.25, 0.3) is 0 Å². The lowest BCUT2D eigenvalue weighted by Gasteiger charge is -2.20. The molecule has 0 radical (unpaired) electrons. The molecule has 0 atom stereocenters. The number of nitrogens with zero attached hydrogens (tertiary/aromatic N) is 1. The Kier molecular flexibility index (Phi) is 3.40. The van der Waals surface area contributed by atoms with Crippen molar-refractivity contribution in [3.8, 4) is 0 Å². The van der Waals surface area contributed by atoms with E-state index in [2.05, 4.69) is 5.16 Å². The summed E-state index contributed by atoms with van der Waals surface area (Å²) in [7, 11) is 0. The molecule has 2 nitrogen and oxygen atoms in total. The maximum absolute atomic E-state index is 8.45. The highest BCUT2D eigenvalue weighted by molar-refractivity contribution is 5.81. The first-order valence-electron chi connectivity index (χ1n) is 4.50. The first kappa shape index (κ1) is 8.57. The molecule has 0 aromatic rings. The van der Waals surface area contributed by atoms with Gasteiger partial charge >= 0.3 is 0 Å². The molecule has 0 bridgehead atoms. The summed E-state index contributed by atoms with van der Waals surface area (Å²) >= 11 is 0. The van der Waals surface area contributed by atoms with Crippen molar-refractivity contribution in [1.29, 1.82) is 0 Å². The minimum atomic E-state index is 0.791. The Morgan fingerprint density at radius 1 is 1.36 bits per heavy atom. The van der Waals surface area contributed by atoms with E-state index >= 15 is 0 Å². The van der Waals surface area contributed by atoms with E-state index in [0.29, 0.717) is 0 Å². The van der Waals surface area contributed by atoms with Gasteiger partial charge in [-0.1, -0.05) is 37.3 Å². The van der Waals surface area contributed by atoms with Gasteiger partial charge in [0, 0.05) is 0 Å². The average molecular weight is 155 g/mol. The molecule has 0 amide bonds. The molecule has 11 heavy (non-hydrogen) atoms. The van der Waals surface area contributed by atoms with Crippen molar-refractivity contribution in [2.75, 3.05) is 0 Å². The van der Waals surface area contributed by atoms with E-state index in [0.717, 1.165) is 18.1 Å². The monoisotopic (exact) mass is 155 g/mol. The molecule has 64 valence electrons. The van der Waals surface area contributed by atoms with Gasteiger partial charge in [0.25, 0.3) is 0 Å². The summed E-state index contributed by atoms with van der Waals surface area (Å²) in [6, 6.07) is 0. The van der Waals surface area contributed by atoms with Crippen LogP contribution >= 0.6 is 0 Å². The van der Waals surface area contributed by atoms with Crippen LogP contribution in [-0.4, -0.2) is 10.9 Å². The number of oxime groups is 1. The highest BCUT2D eigenvalue weighted by Gasteiger charge is 2.13. The van der Waals surface area contributed by atoms with Crippen LogP contribution in [0.3, 0.4) is 0 Å². The number of hydrogen-bond acceptors (Lipinski definition) is 2. The van der Waals surface area contributed by atoms with Crippen LogP contribution < -0.4 is 0 Å². The molecule has 1 fully saturated rings. The predicted molar refractivity (Wildman–Crippen MR) is 46.1 cm³/mol. The van der Waals surface area contributed by atoms with E-state index in [1.165, 1.54) is 32.1 Å². The maximum Gasteiger partial charge on any atom is 0.0542 e. The summed E-state index contributed by atoms with van der Waals surface area (Å²) in [5, 5.41) is 11.7. The summed E-state index contributed by atoms with van der Waals surface area (Å²) in [5.41, 5.74) is 0.886. The third kappa shape index (κ3) is 2.91. The molecule has 1 aliphatic rings. The standard InChI is InChI=1S/C9H17NO/c1-8(10-11)7-9-5-3-2-4-6-9/h9,11H,2-7H2,1H3/b10-8+. The normalized spacial score (nSPS) is 22.1. The van der Waals surface area contributed by atoms with Gasteiger partial charge in [-0.25, -0.2) is 0 Å². The molecule has 0 heterocycles. The second kappa shape index (κ2) is 4.37. The van der Waals surface area contributed by atoms with Gasteiger partial charge in [-0.2, -0.15) is 0 Å². The van der Waals surface area contributed by atoms with E-state index in [1.807, 2.05) is 6.92 Å².